The van der Waals surface area contributed by atoms with E-state index in [2.05, 4.69) is 21.2 Å². The average molecular weight is 336 g/mol. The van der Waals surface area contributed by atoms with Gasteiger partial charge in [-0.15, -0.1) is 0 Å². The second-order valence-corrected chi connectivity index (χ2v) is 6.37. The Morgan fingerprint density at radius 1 is 1.36 bits per heavy atom. The van der Waals surface area contributed by atoms with E-state index in [4.69, 9.17) is 4.74 Å². The van der Waals surface area contributed by atoms with Crippen molar-refractivity contribution in [2.45, 2.75) is 26.3 Å². The summed E-state index contributed by atoms with van der Waals surface area (Å²) in [4.78, 5) is 19.2. The molecule has 128 valence electrons. The van der Waals surface area contributed by atoms with E-state index in [0.29, 0.717) is 17.8 Å². The normalized spacial score (nSPS) is 14.2. The fourth-order valence-corrected chi connectivity index (χ4v) is 3.46. The number of ether oxygens (including phenoxy) is 1. The lowest BCUT2D eigenvalue weighted by molar-refractivity contribution is 0.0745. The van der Waals surface area contributed by atoms with Crippen molar-refractivity contribution in [3.8, 4) is 5.75 Å². The summed E-state index contributed by atoms with van der Waals surface area (Å²) in [5, 5.41) is 7.92. The smallest absolute Gasteiger partial charge is 0.255 e. The van der Waals surface area contributed by atoms with Crippen LogP contribution in [-0.2, 0) is 13.0 Å². The molecule has 0 saturated heterocycles. The fourth-order valence-electron chi connectivity index (χ4n) is 3.46. The van der Waals surface area contributed by atoms with Gasteiger partial charge in [0.25, 0.3) is 5.91 Å². The maximum atomic E-state index is 13.0. The monoisotopic (exact) mass is 336 g/mol. The van der Waals surface area contributed by atoms with Gasteiger partial charge < -0.3 is 9.64 Å². The number of amides is 1. The lowest BCUT2D eigenvalue weighted by atomic mass is 10.0. The molecule has 2 aromatic heterocycles. The molecule has 4 rings (SSSR count). The van der Waals surface area contributed by atoms with Crippen molar-refractivity contribution in [3.63, 3.8) is 0 Å². The highest BCUT2D eigenvalue weighted by molar-refractivity contribution is 5.97. The molecule has 3 heterocycles. The number of aromatic amines is 1. The molecule has 0 saturated carbocycles. The van der Waals surface area contributed by atoms with Crippen LogP contribution in [-0.4, -0.2) is 39.6 Å². The van der Waals surface area contributed by atoms with Gasteiger partial charge >= 0.3 is 0 Å². The first-order chi connectivity index (χ1) is 12.2. The maximum Gasteiger partial charge on any atom is 0.255 e. The minimum atomic E-state index is 0.00525. The molecule has 1 amide bonds. The fraction of sp³-hybridized carbons (Fsp3) is 0.316. The summed E-state index contributed by atoms with van der Waals surface area (Å²) in [7, 11) is 1.69. The number of hydrogen-bond donors (Lipinski definition) is 1. The second-order valence-electron chi connectivity index (χ2n) is 6.37. The first kappa shape index (κ1) is 15.6. The van der Waals surface area contributed by atoms with Crippen LogP contribution in [0.3, 0.4) is 0 Å². The molecule has 6 nitrogen and oxygen atoms in total. The highest BCUT2D eigenvalue weighted by Crippen LogP contribution is 2.28. The van der Waals surface area contributed by atoms with Gasteiger partial charge in [-0.05, 0) is 43.0 Å². The summed E-state index contributed by atoms with van der Waals surface area (Å²) in [5.41, 5.74) is 4.52. The average Bonchev–Trinajstić information content (AvgIpc) is 2.87. The second kappa shape index (κ2) is 6.20. The number of rotatable bonds is 2. The van der Waals surface area contributed by atoms with Crippen LogP contribution in [0.1, 0.15) is 33.6 Å². The van der Waals surface area contributed by atoms with Crippen LogP contribution in [0.25, 0.3) is 11.0 Å². The van der Waals surface area contributed by atoms with Crippen molar-refractivity contribution in [2.75, 3.05) is 13.7 Å². The van der Waals surface area contributed by atoms with Crippen LogP contribution in [0, 0.1) is 6.92 Å². The molecule has 0 unspecified atom stereocenters. The molecular weight excluding hydrogens is 316 g/mol. The predicted octanol–water partition coefficient (Wildman–Crippen LogP) is 2.86. The molecule has 0 atom stereocenters. The standard InChI is InChI=1S/C19H20N4O2/c1-12-16-9-14(10-20-18(16)22-21-12)19(24)23-8-4-6-15-13(11-23)5-3-7-17(15)25-2/h3,5,7,9-10H,4,6,8,11H2,1-2H3,(H,20,21,22). The van der Waals surface area contributed by atoms with Gasteiger partial charge in [0.2, 0.25) is 0 Å². The van der Waals surface area contributed by atoms with Gasteiger partial charge in [-0.2, -0.15) is 5.10 Å². The zero-order chi connectivity index (χ0) is 17.4. The van der Waals surface area contributed by atoms with Gasteiger partial charge in [0.1, 0.15) is 5.75 Å². The van der Waals surface area contributed by atoms with Gasteiger partial charge in [-0.3, -0.25) is 9.89 Å². The van der Waals surface area contributed by atoms with E-state index in [1.54, 1.807) is 13.3 Å². The molecule has 6 heteroatoms. The minimum absolute atomic E-state index is 0.00525. The van der Waals surface area contributed by atoms with Crippen molar-refractivity contribution in [3.05, 3.63) is 52.8 Å². The zero-order valence-corrected chi connectivity index (χ0v) is 14.4. The Hall–Kier alpha value is -2.89. The Bertz CT molecular complexity index is 948. The Morgan fingerprint density at radius 3 is 3.08 bits per heavy atom. The Labute approximate surface area is 145 Å². The molecule has 1 N–H and O–H groups in total. The number of carbonyl (C=O) groups is 1. The highest BCUT2D eigenvalue weighted by Gasteiger charge is 2.22. The van der Waals surface area contributed by atoms with E-state index in [1.807, 2.05) is 30.0 Å². The van der Waals surface area contributed by atoms with Gasteiger partial charge in [-0.25, -0.2) is 4.98 Å². The van der Waals surface area contributed by atoms with Gasteiger partial charge in [0.15, 0.2) is 5.65 Å². The van der Waals surface area contributed by atoms with Crippen LogP contribution >= 0.6 is 0 Å². The summed E-state index contributed by atoms with van der Waals surface area (Å²) in [6.07, 6.45) is 3.45. The number of fused-ring (bicyclic) bond motifs is 2. The molecule has 1 aliphatic rings. The van der Waals surface area contributed by atoms with Crippen LogP contribution < -0.4 is 4.74 Å². The van der Waals surface area contributed by atoms with Crippen LogP contribution in [0.2, 0.25) is 0 Å². The number of pyridine rings is 1. The number of hydrogen-bond acceptors (Lipinski definition) is 4. The Balaban J connectivity index is 1.66. The molecule has 0 spiro atoms. The maximum absolute atomic E-state index is 13.0. The summed E-state index contributed by atoms with van der Waals surface area (Å²) < 4.78 is 5.48. The number of aryl methyl sites for hydroxylation is 1. The quantitative estimate of drug-likeness (QED) is 0.781. The van der Waals surface area contributed by atoms with Crippen molar-refractivity contribution in [1.82, 2.24) is 20.1 Å². The van der Waals surface area contributed by atoms with Crippen LogP contribution in [0.15, 0.2) is 30.5 Å². The summed E-state index contributed by atoms with van der Waals surface area (Å²) in [6, 6.07) is 7.91. The predicted molar refractivity (Wildman–Crippen MR) is 94.7 cm³/mol. The molecule has 0 bridgehead atoms. The first-order valence-corrected chi connectivity index (χ1v) is 8.42. The largest absolute Gasteiger partial charge is 0.496 e. The topological polar surface area (TPSA) is 71.1 Å². The molecule has 25 heavy (non-hydrogen) atoms. The number of methoxy groups -OCH3 is 1. The van der Waals surface area contributed by atoms with Crippen molar-refractivity contribution in [2.24, 2.45) is 0 Å². The highest BCUT2D eigenvalue weighted by atomic mass is 16.5. The van der Waals surface area contributed by atoms with Crippen molar-refractivity contribution < 1.29 is 9.53 Å². The number of aromatic nitrogens is 3. The Kier molecular flexibility index (Phi) is 3.87. The third-order valence-corrected chi connectivity index (χ3v) is 4.80. The van der Waals surface area contributed by atoms with E-state index in [9.17, 15) is 4.79 Å². The van der Waals surface area contributed by atoms with Crippen molar-refractivity contribution >= 4 is 16.9 Å². The van der Waals surface area contributed by atoms with Gasteiger partial charge in [0.05, 0.1) is 12.7 Å². The third kappa shape index (κ3) is 2.73. The summed E-state index contributed by atoms with van der Waals surface area (Å²) in [6.45, 7) is 3.24. The van der Waals surface area contributed by atoms with E-state index >= 15 is 0 Å². The van der Waals surface area contributed by atoms with E-state index in [-0.39, 0.29) is 5.91 Å². The summed E-state index contributed by atoms with van der Waals surface area (Å²) in [5.74, 6) is 0.912. The lowest BCUT2D eigenvalue weighted by Crippen LogP contribution is -2.30. The molecule has 3 aromatic rings. The summed E-state index contributed by atoms with van der Waals surface area (Å²) >= 11 is 0. The molecule has 1 aliphatic heterocycles. The van der Waals surface area contributed by atoms with Gasteiger partial charge in [-0.1, -0.05) is 12.1 Å². The number of nitrogens with one attached hydrogen (secondary N) is 1. The zero-order valence-electron chi connectivity index (χ0n) is 14.4. The van der Waals surface area contributed by atoms with Crippen LogP contribution in [0.5, 0.6) is 5.75 Å². The molecule has 1 aromatic carbocycles. The first-order valence-electron chi connectivity index (χ1n) is 8.42. The van der Waals surface area contributed by atoms with E-state index < -0.39 is 0 Å². The Morgan fingerprint density at radius 2 is 2.24 bits per heavy atom. The SMILES string of the molecule is COc1cccc2c1CCCN(C(=O)c1cnc3n[nH]c(C)c3c1)C2. The molecule has 0 fully saturated rings. The molecule has 0 aliphatic carbocycles. The molecular formula is C19H20N4O2. The van der Waals surface area contributed by atoms with E-state index in [0.717, 1.165) is 41.8 Å². The lowest BCUT2D eigenvalue weighted by Gasteiger charge is -2.21. The number of H-pyrrole nitrogens is 1. The third-order valence-electron chi connectivity index (χ3n) is 4.80. The van der Waals surface area contributed by atoms with Crippen molar-refractivity contribution in [1.29, 1.82) is 0 Å². The van der Waals surface area contributed by atoms with Crippen LogP contribution in [0.4, 0.5) is 0 Å². The molecule has 0 radical (unpaired) electrons. The van der Waals surface area contributed by atoms with E-state index in [1.165, 1.54) is 5.56 Å². The number of carbonyl (C=O) groups excluding carboxylic acids is 1. The number of benzene rings is 1. The van der Waals surface area contributed by atoms with Gasteiger partial charge in [0, 0.05) is 30.4 Å². The minimum Gasteiger partial charge on any atom is -0.496 e. The number of nitrogens with zero attached hydrogens (tertiary/aromatic N) is 3.